The summed E-state index contributed by atoms with van der Waals surface area (Å²) in [5.41, 5.74) is 0. The minimum atomic E-state index is -3.36. The van der Waals surface area contributed by atoms with E-state index in [0.717, 1.165) is 30.7 Å². The molecular weight excluding hydrogens is 292 g/mol. The average Bonchev–Trinajstić information content (AvgIpc) is 2.84. The SMILES string of the molecule is CCCNCc1sccc1S(=O)(=O)NCCCC(C)C. The zero-order valence-electron chi connectivity index (χ0n) is 12.6. The van der Waals surface area contributed by atoms with Gasteiger partial charge in [-0.05, 0) is 43.2 Å². The Labute approximate surface area is 127 Å². The zero-order chi connectivity index (χ0) is 15.0. The van der Waals surface area contributed by atoms with Crippen molar-refractivity contribution < 1.29 is 8.42 Å². The largest absolute Gasteiger partial charge is 0.312 e. The van der Waals surface area contributed by atoms with Crippen LogP contribution in [0.15, 0.2) is 16.3 Å². The molecule has 0 radical (unpaired) electrons. The van der Waals surface area contributed by atoms with Gasteiger partial charge in [0.1, 0.15) is 0 Å². The van der Waals surface area contributed by atoms with Crippen molar-refractivity contribution in [2.24, 2.45) is 5.92 Å². The van der Waals surface area contributed by atoms with Gasteiger partial charge in [-0.25, -0.2) is 13.1 Å². The van der Waals surface area contributed by atoms with Crippen LogP contribution in [0.3, 0.4) is 0 Å². The first-order valence-electron chi connectivity index (χ1n) is 7.24. The molecule has 1 rings (SSSR count). The molecule has 0 aliphatic carbocycles. The van der Waals surface area contributed by atoms with Crippen LogP contribution in [0.2, 0.25) is 0 Å². The standard InChI is InChI=1S/C14H26N2O2S2/c1-4-8-15-11-13-14(7-10-19-13)20(17,18)16-9-5-6-12(2)3/h7,10,12,15-16H,4-6,8-9,11H2,1-3H3. The lowest BCUT2D eigenvalue weighted by molar-refractivity contribution is 0.539. The van der Waals surface area contributed by atoms with Gasteiger partial charge in [0.05, 0.1) is 4.90 Å². The Bertz CT molecular complexity index is 481. The van der Waals surface area contributed by atoms with Gasteiger partial charge >= 0.3 is 0 Å². The first-order chi connectivity index (χ1) is 9.47. The van der Waals surface area contributed by atoms with E-state index in [1.54, 1.807) is 6.07 Å². The summed E-state index contributed by atoms with van der Waals surface area (Å²) in [5.74, 6) is 0.606. The maximum atomic E-state index is 12.3. The summed E-state index contributed by atoms with van der Waals surface area (Å²) in [7, 11) is -3.36. The highest BCUT2D eigenvalue weighted by Crippen LogP contribution is 2.21. The summed E-state index contributed by atoms with van der Waals surface area (Å²) < 4.78 is 27.2. The number of hydrogen-bond acceptors (Lipinski definition) is 4. The molecule has 2 N–H and O–H groups in total. The minimum absolute atomic E-state index is 0.427. The summed E-state index contributed by atoms with van der Waals surface area (Å²) in [6, 6.07) is 1.69. The predicted molar refractivity (Wildman–Crippen MR) is 85.6 cm³/mol. The molecule has 1 heterocycles. The van der Waals surface area contributed by atoms with E-state index < -0.39 is 10.0 Å². The summed E-state index contributed by atoms with van der Waals surface area (Å²) >= 11 is 1.49. The smallest absolute Gasteiger partial charge is 0.241 e. The summed E-state index contributed by atoms with van der Waals surface area (Å²) in [6.07, 6.45) is 2.96. The van der Waals surface area contributed by atoms with E-state index in [-0.39, 0.29) is 0 Å². The van der Waals surface area contributed by atoms with Gasteiger partial charge < -0.3 is 5.32 Å². The van der Waals surface area contributed by atoms with Crippen LogP contribution in [0.5, 0.6) is 0 Å². The molecule has 4 nitrogen and oxygen atoms in total. The molecule has 0 atom stereocenters. The Morgan fingerprint density at radius 2 is 2.05 bits per heavy atom. The van der Waals surface area contributed by atoms with Gasteiger partial charge in [0.25, 0.3) is 0 Å². The molecule has 0 fully saturated rings. The molecular formula is C14H26N2O2S2. The molecule has 116 valence electrons. The Kier molecular flexibility index (Phi) is 7.72. The fraction of sp³-hybridized carbons (Fsp3) is 0.714. The molecule has 0 amide bonds. The summed E-state index contributed by atoms with van der Waals surface area (Å²) in [5, 5.41) is 5.09. The van der Waals surface area contributed by atoms with Gasteiger partial charge in [-0.1, -0.05) is 20.8 Å². The molecule has 1 aromatic rings. The van der Waals surface area contributed by atoms with Crippen molar-refractivity contribution >= 4 is 21.4 Å². The normalized spacial score (nSPS) is 12.2. The van der Waals surface area contributed by atoms with Crippen LogP contribution in [0.25, 0.3) is 0 Å². The van der Waals surface area contributed by atoms with E-state index in [1.165, 1.54) is 11.3 Å². The van der Waals surface area contributed by atoms with Crippen molar-refractivity contribution in [3.05, 3.63) is 16.3 Å². The van der Waals surface area contributed by atoms with Crippen LogP contribution < -0.4 is 10.0 Å². The van der Waals surface area contributed by atoms with Crippen LogP contribution in [0, 0.1) is 5.92 Å². The highest BCUT2D eigenvalue weighted by atomic mass is 32.2. The summed E-state index contributed by atoms with van der Waals surface area (Å²) in [4.78, 5) is 1.31. The zero-order valence-corrected chi connectivity index (χ0v) is 14.2. The van der Waals surface area contributed by atoms with Gasteiger partial charge in [0.2, 0.25) is 10.0 Å². The van der Waals surface area contributed by atoms with Gasteiger partial charge in [0, 0.05) is 18.0 Å². The number of rotatable bonds is 10. The predicted octanol–water partition coefficient (Wildman–Crippen LogP) is 2.96. The molecule has 0 saturated carbocycles. The molecule has 6 heteroatoms. The maximum Gasteiger partial charge on any atom is 0.241 e. The monoisotopic (exact) mass is 318 g/mol. The third kappa shape index (κ3) is 5.91. The van der Waals surface area contributed by atoms with Crippen molar-refractivity contribution in [3.8, 4) is 0 Å². The van der Waals surface area contributed by atoms with Gasteiger partial charge in [-0.3, -0.25) is 0 Å². The molecule has 0 spiro atoms. The fourth-order valence-corrected chi connectivity index (χ4v) is 4.36. The van der Waals surface area contributed by atoms with Crippen LogP contribution >= 0.6 is 11.3 Å². The quantitative estimate of drug-likeness (QED) is 0.652. The van der Waals surface area contributed by atoms with E-state index in [9.17, 15) is 8.42 Å². The highest BCUT2D eigenvalue weighted by Gasteiger charge is 2.18. The second-order valence-corrected chi connectivity index (χ2v) is 8.05. The van der Waals surface area contributed by atoms with Crippen LogP contribution in [0.4, 0.5) is 0 Å². The lowest BCUT2D eigenvalue weighted by Crippen LogP contribution is -2.26. The van der Waals surface area contributed by atoms with Gasteiger partial charge in [0.15, 0.2) is 0 Å². The molecule has 0 aliphatic rings. The molecule has 1 aromatic heterocycles. The van der Waals surface area contributed by atoms with E-state index in [1.807, 2.05) is 5.38 Å². The lowest BCUT2D eigenvalue weighted by atomic mass is 10.1. The highest BCUT2D eigenvalue weighted by molar-refractivity contribution is 7.89. The molecule has 0 saturated heterocycles. The molecule has 0 aromatic carbocycles. The number of nitrogens with one attached hydrogen (secondary N) is 2. The second kappa shape index (κ2) is 8.77. The van der Waals surface area contributed by atoms with Crippen LogP contribution in [0.1, 0.15) is 44.9 Å². The first-order valence-corrected chi connectivity index (χ1v) is 9.60. The molecule has 0 aliphatic heterocycles. The number of sulfonamides is 1. The van der Waals surface area contributed by atoms with E-state index in [2.05, 4.69) is 30.8 Å². The van der Waals surface area contributed by atoms with Crippen molar-refractivity contribution in [2.75, 3.05) is 13.1 Å². The fourth-order valence-electron chi connectivity index (χ4n) is 1.87. The van der Waals surface area contributed by atoms with Crippen LogP contribution in [-0.4, -0.2) is 21.5 Å². The average molecular weight is 319 g/mol. The first kappa shape index (κ1) is 17.6. The number of thiophene rings is 1. The van der Waals surface area contributed by atoms with E-state index >= 15 is 0 Å². The van der Waals surface area contributed by atoms with E-state index in [0.29, 0.717) is 23.9 Å². The van der Waals surface area contributed by atoms with Crippen molar-refractivity contribution in [1.29, 1.82) is 0 Å². The third-order valence-corrected chi connectivity index (χ3v) is 5.55. The van der Waals surface area contributed by atoms with Crippen molar-refractivity contribution in [1.82, 2.24) is 10.0 Å². The van der Waals surface area contributed by atoms with Crippen molar-refractivity contribution in [2.45, 2.75) is 51.5 Å². The van der Waals surface area contributed by atoms with Crippen LogP contribution in [-0.2, 0) is 16.6 Å². The third-order valence-electron chi connectivity index (χ3n) is 2.96. The Hall–Kier alpha value is -0.430. The molecule has 0 bridgehead atoms. The summed E-state index contributed by atoms with van der Waals surface area (Å²) in [6.45, 7) is 8.41. The van der Waals surface area contributed by atoms with Gasteiger partial charge in [-0.15, -0.1) is 11.3 Å². The van der Waals surface area contributed by atoms with Crippen molar-refractivity contribution in [3.63, 3.8) is 0 Å². The topological polar surface area (TPSA) is 58.2 Å². The Balaban J connectivity index is 2.56. The minimum Gasteiger partial charge on any atom is -0.312 e. The maximum absolute atomic E-state index is 12.3. The molecule has 20 heavy (non-hydrogen) atoms. The Morgan fingerprint density at radius 3 is 2.70 bits per heavy atom. The number of hydrogen-bond donors (Lipinski definition) is 2. The van der Waals surface area contributed by atoms with Gasteiger partial charge in [-0.2, -0.15) is 0 Å². The lowest BCUT2D eigenvalue weighted by Gasteiger charge is -2.09. The molecule has 0 unspecified atom stereocenters. The van der Waals surface area contributed by atoms with E-state index in [4.69, 9.17) is 0 Å². The Morgan fingerprint density at radius 1 is 1.30 bits per heavy atom. The second-order valence-electron chi connectivity index (χ2n) is 5.32.